The molecule has 4 bridgehead atoms. The lowest BCUT2D eigenvalue weighted by atomic mass is 10.0. The highest BCUT2D eigenvalue weighted by molar-refractivity contribution is 7.10. The van der Waals surface area contributed by atoms with Gasteiger partial charge in [0.2, 0.25) is 11.8 Å². The highest BCUT2D eigenvalue weighted by Gasteiger charge is 2.26. The molecule has 0 saturated carbocycles. The van der Waals surface area contributed by atoms with Crippen LogP contribution >= 0.6 is 22.7 Å². The van der Waals surface area contributed by atoms with Gasteiger partial charge in [-0.25, -0.2) is 14.8 Å². The van der Waals surface area contributed by atoms with Gasteiger partial charge in [0, 0.05) is 50.9 Å². The Morgan fingerprint density at radius 3 is 2.25 bits per heavy atom. The van der Waals surface area contributed by atoms with Gasteiger partial charge < -0.3 is 31.1 Å². The summed E-state index contributed by atoms with van der Waals surface area (Å²) in [6.45, 7) is 4.84. The van der Waals surface area contributed by atoms with E-state index in [4.69, 9.17) is 0 Å². The minimum atomic E-state index is -0.510. The number of rotatable bonds is 6. The number of nitrogens with one attached hydrogen (secondary N) is 4. The number of carbonyl (C=O) groups is 5. The molecule has 1 aliphatic heterocycles. The molecule has 0 aliphatic carbocycles. The topological polar surface area (TPSA) is 166 Å². The summed E-state index contributed by atoms with van der Waals surface area (Å²) in [5, 5.41) is 16.2. The standard InChI is InChI=1S/C33H44N8O5S2/c1-21(2)16-23-31-39-26(20-48-31)30(45)37-24(17-22-10-6-5-7-11-22)32-38-25(19-47-32)29(44)34-13-9-15-41(14-8-12-27(42)36-23)28(43)18-35-33(46)40(3)4/h5-7,10-11,19-21,23-24H,8-9,12-18H2,1-4H3,(H,34,44)(H,35,46)(H,36,42)(H,37,45)/t23-,24-/m0/s1. The molecule has 13 nitrogen and oxygen atoms in total. The second-order valence-corrected chi connectivity index (χ2v) is 14.0. The van der Waals surface area contributed by atoms with E-state index in [2.05, 4.69) is 45.1 Å². The van der Waals surface area contributed by atoms with E-state index in [9.17, 15) is 24.0 Å². The number of carbonyl (C=O) groups excluding carboxylic acids is 5. The van der Waals surface area contributed by atoms with Crippen LogP contribution in [0.25, 0.3) is 0 Å². The average Bonchev–Trinajstić information content (AvgIpc) is 3.75. The Kier molecular flexibility index (Phi) is 13.4. The molecule has 15 heteroatoms. The molecule has 4 N–H and O–H groups in total. The Morgan fingerprint density at radius 2 is 1.58 bits per heavy atom. The van der Waals surface area contributed by atoms with Gasteiger partial charge in [0.1, 0.15) is 21.4 Å². The number of amides is 6. The van der Waals surface area contributed by atoms with E-state index in [0.29, 0.717) is 48.8 Å². The fraction of sp³-hybridized carbons (Fsp3) is 0.485. The molecule has 0 fully saturated rings. The third-order valence-electron chi connectivity index (χ3n) is 7.61. The molecule has 0 saturated heterocycles. The van der Waals surface area contributed by atoms with Crippen molar-refractivity contribution in [1.29, 1.82) is 0 Å². The first-order chi connectivity index (χ1) is 23.0. The van der Waals surface area contributed by atoms with Crippen LogP contribution in [0.1, 0.15) is 88.2 Å². The Labute approximate surface area is 288 Å². The lowest BCUT2D eigenvalue weighted by molar-refractivity contribution is -0.131. The van der Waals surface area contributed by atoms with Crippen LogP contribution in [0.4, 0.5) is 4.79 Å². The van der Waals surface area contributed by atoms with Crippen molar-refractivity contribution < 1.29 is 24.0 Å². The van der Waals surface area contributed by atoms with Crippen LogP contribution in [0.15, 0.2) is 41.1 Å². The van der Waals surface area contributed by atoms with Crippen LogP contribution in [-0.4, -0.2) is 89.7 Å². The van der Waals surface area contributed by atoms with Crippen molar-refractivity contribution >= 4 is 52.3 Å². The second-order valence-electron chi connectivity index (χ2n) is 12.3. The Hall–Kier alpha value is -4.37. The van der Waals surface area contributed by atoms with E-state index in [1.807, 2.05) is 30.3 Å². The van der Waals surface area contributed by atoms with Gasteiger partial charge in [-0.2, -0.15) is 0 Å². The minimum Gasteiger partial charge on any atom is -0.351 e. The summed E-state index contributed by atoms with van der Waals surface area (Å²) in [4.78, 5) is 76.9. The largest absolute Gasteiger partial charge is 0.351 e. The maximum absolute atomic E-state index is 13.5. The second kappa shape index (κ2) is 17.7. The number of hydrogen-bond donors (Lipinski definition) is 4. The molecule has 3 aromatic rings. The lowest BCUT2D eigenvalue weighted by Crippen LogP contribution is -2.44. The molecule has 0 unspecified atom stereocenters. The van der Waals surface area contributed by atoms with E-state index in [0.717, 1.165) is 5.56 Å². The van der Waals surface area contributed by atoms with E-state index in [1.54, 1.807) is 29.8 Å². The minimum absolute atomic E-state index is 0.172. The molecule has 0 radical (unpaired) electrons. The molecule has 2 aromatic heterocycles. The first-order valence-electron chi connectivity index (χ1n) is 16.1. The normalized spacial score (nSPS) is 18.3. The molecule has 1 aliphatic rings. The molecular weight excluding hydrogens is 653 g/mol. The van der Waals surface area contributed by atoms with Crippen LogP contribution in [0, 0.1) is 5.92 Å². The number of hydrogen-bond acceptors (Lipinski definition) is 9. The molecule has 4 rings (SSSR count). The van der Waals surface area contributed by atoms with Gasteiger partial charge in [-0.05, 0) is 37.2 Å². The number of urea groups is 1. The highest BCUT2D eigenvalue weighted by atomic mass is 32.1. The maximum atomic E-state index is 13.5. The summed E-state index contributed by atoms with van der Waals surface area (Å²) in [6.07, 6.45) is 2.12. The lowest BCUT2D eigenvalue weighted by Gasteiger charge is -2.24. The summed E-state index contributed by atoms with van der Waals surface area (Å²) in [6, 6.07) is 8.44. The van der Waals surface area contributed by atoms with Crippen molar-refractivity contribution in [3.8, 4) is 0 Å². The van der Waals surface area contributed by atoms with Gasteiger partial charge in [0.05, 0.1) is 18.6 Å². The van der Waals surface area contributed by atoms with Crippen molar-refractivity contribution in [2.45, 2.75) is 58.0 Å². The van der Waals surface area contributed by atoms with Gasteiger partial charge in [-0.3, -0.25) is 19.2 Å². The van der Waals surface area contributed by atoms with Gasteiger partial charge in [-0.15, -0.1) is 22.7 Å². The number of benzene rings is 1. The maximum Gasteiger partial charge on any atom is 0.317 e. The number of fused-ring (bicyclic) bond motifs is 4. The van der Waals surface area contributed by atoms with Crippen LogP contribution < -0.4 is 21.3 Å². The first kappa shape index (κ1) is 36.5. The Balaban J connectivity index is 1.58. The Morgan fingerprint density at radius 1 is 0.938 bits per heavy atom. The van der Waals surface area contributed by atoms with E-state index in [-0.39, 0.29) is 72.5 Å². The van der Waals surface area contributed by atoms with Gasteiger partial charge in [-0.1, -0.05) is 44.2 Å². The van der Waals surface area contributed by atoms with Gasteiger partial charge in [0.15, 0.2) is 0 Å². The predicted octanol–water partition coefficient (Wildman–Crippen LogP) is 3.53. The fourth-order valence-electron chi connectivity index (χ4n) is 5.12. The summed E-state index contributed by atoms with van der Waals surface area (Å²) < 4.78 is 0. The Bertz CT molecular complexity index is 1560. The molecule has 258 valence electrons. The predicted molar refractivity (Wildman–Crippen MR) is 185 cm³/mol. The van der Waals surface area contributed by atoms with E-state index >= 15 is 0 Å². The molecule has 48 heavy (non-hydrogen) atoms. The van der Waals surface area contributed by atoms with Crippen LogP contribution in [-0.2, 0) is 16.0 Å². The zero-order valence-electron chi connectivity index (χ0n) is 27.8. The molecule has 6 amide bonds. The molecule has 0 spiro atoms. The zero-order chi connectivity index (χ0) is 34.6. The van der Waals surface area contributed by atoms with Crippen LogP contribution in [0.5, 0.6) is 0 Å². The summed E-state index contributed by atoms with van der Waals surface area (Å²) in [5.41, 5.74) is 1.48. The van der Waals surface area contributed by atoms with Crippen molar-refractivity contribution in [3.63, 3.8) is 0 Å². The average molecular weight is 697 g/mol. The molecule has 3 heterocycles. The fourth-order valence-corrected chi connectivity index (χ4v) is 6.83. The summed E-state index contributed by atoms with van der Waals surface area (Å²) >= 11 is 2.61. The van der Waals surface area contributed by atoms with Crippen molar-refractivity contribution in [1.82, 2.24) is 41.0 Å². The smallest absolute Gasteiger partial charge is 0.317 e. The number of nitrogens with zero attached hydrogens (tertiary/aromatic N) is 4. The number of thiazole rings is 2. The van der Waals surface area contributed by atoms with Crippen LogP contribution in [0.2, 0.25) is 0 Å². The van der Waals surface area contributed by atoms with Gasteiger partial charge in [0.25, 0.3) is 11.8 Å². The van der Waals surface area contributed by atoms with Crippen molar-refractivity contribution in [2.75, 3.05) is 40.3 Å². The molecular formula is C33H44N8O5S2. The van der Waals surface area contributed by atoms with Crippen LogP contribution in [0.3, 0.4) is 0 Å². The van der Waals surface area contributed by atoms with Gasteiger partial charge >= 0.3 is 6.03 Å². The van der Waals surface area contributed by atoms with Crippen molar-refractivity contribution in [2.24, 2.45) is 5.92 Å². The monoisotopic (exact) mass is 696 g/mol. The first-order valence-corrected chi connectivity index (χ1v) is 17.8. The van der Waals surface area contributed by atoms with E-state index < -0.39 is 6.04 Å². The van der Waals surface area contributed by atoms with Crippen molar-refractivity contribution in [3.05, 3.63) is 68.1 Å². The summed E-state index contributed by atoms with van der Waals surface area (Å²) in [7, 11) is 3.18. The third kappa shape index (κ3) is 10.8. The zero-order valence-corrected chi connectivity index (χ0v) is 29.4. The molecule has 1 aromatic carbocycles. The SMILES string of the molecule is CC(C)C[C@@H]1NC(=O)CCCN(C(=O)CNC(=O)N(C)C)CCCNC(=O)c2csc(n2)[C@H](Cc2ccccc2)NC(=O)c2csc1n2. The van der Waals surface area contributed by atoms with E-state index in [1.165, 1.54) is 27.6 Å². The third-order valence-corrected chi connectivity index (χ3v) is 9.52. The highest BCUT2D eigenvalue weighted by Crippen LogP contribution is 2.27. The summed E-state index contributed by atoms with van der Waals surface area (Å²) in [5.74, 6) is -0.945. The quantitative estimate of drug-likeness (QED) is 0.306. The number of aromatic nitrogens is 2. The molecule has 2 atom stereocenters.